The van der Waals surface area contributed by atoms with E-state index in [1.54, 1.807) is 23.5 Å². The maximum absolute atomic E-state index is 11.8. The van der Waals surface area contributed by atoms with Gasteiger partial charge in [-0.3, -0.25) is 0 Å². The highest BCUT2D eigenvalue weighted by Crippen LogP contribution is 2.33. The van der Waals surface area contributed by atoms with E-state index in [1.165, 1.54) is 6.33 Å². The van der Waals surface area contributed by atoms with E-state index in [0.717, 1.165) is 38.9 Å². The van der Waals surface area contributed by atoms with Crippen molar-refractivity contribution in [2.45, 2.75) is 26.7 Å². The summed E-state index contributed by atoms with van der Waals surface area (Å²) in [7, 11) is 0. The first-order valence-electron chi connectivity index (χ1n) is 8.10. The van der Waals surface area contributed by atoms with Gasteiger partial charge < -0.3 is 9.15 Å². The Labute approximate surface area is 147 Å². The summed E-state index contributed by atoms with van der Waals surface area (Å²) in [4.78, 5) is 22.3. The van der Waals surface area contributed by atoms with E-state index in [1.807, 2.05) is 25.1 Å². The van der Waals surface area contributed by atoms with Crippen molar-refractivity contribution >= 4 is 32.5 Å². The highest BCUT2D eigenvalue weighted by Gasteiger charge is 2.11. The molecular weight excluding hydrogens is 336 g/mol. The second kappa shape index (κ2) is 6.29. The van der Waals surface area contributed by atoms with Crippen molar-refractivity contribution in [3.05, 3.63) is 57.5 Å². The second-order valence-corrected chi connectivity index (χ2v) is 7.09. The summed E-state index contributed by atoms with van der Waals surface area (Å²) in [6.07, 6.45) is 3.30. The molecule has 0 amide bonds. The summed E-state index contributed by atoms with van der Waals surface area (Å²) < 4.78 is 11.3. The fourth-order valence-corrected chi connectivity index (χ4v) is 3.73. The van der Waals surface area contributed by atoms with Crippen LogP contribution in [0.2, 0.25) is 0 Å². The molecule has 4 rings (SSSR count). The van der Waals surface area contributed by atoms with E-state index in [9.17, 15) is 4.79 Å². The van der Waals surface area contributed by atoms with Crippen LogP contribution in [0, 0.1) is 6.92 Å². The molecule has 0 unspecified atom stereocenters. The van der Waals surface area contributed by atoms with Gasteiger partial charge in [-0.1, -0.05) is 13.3 Å². The molecule has 0 saturated heterocycles. The normalized spacial score (nSPS) is 11.3. The zero-order chi connectivity index (χ0) is 17.4. The molecule has 0 bridgehead atoms. The minimum Gasteiger partial charge on any atom is -0.438 e. The van der Waals surface area contributed by atoms with Crippen molar-refractivity contribution < 1.29 is 9.15 Å². The first kappa shape index (κ1) is 15.8. The van der Waals surface area contributed by atoms with Crippen molar-refractivity contribution in [1.29, 1.82) is 0 Å². The number of nitrogens with zero attached hydrogens (tertiary/aromatic N) is 2. The first-order valence-corrected chi connectivity index (χ1v) is 8.91. The minimum atomic E-state index is -0.342. The number of ether oxygens (including phenoxy) is 1. The Kier molecular flexibility index (Phi) is 3.97. The summed E-state index contributed by atoms with van der Waals surface area (Å²) in [5.41, 5.74) is 1.18. The lowest BCUT2D eigenvalue weighted by atomic mass is 10.1. The predicted molar refractivity (Wildman–Crippen MR) is 98.7 cm³/mol. The molecule has 3 heterocycles. The molecule has 126 valence electrons. The third kappa shape index (κ3) is 3.00. The number of thiophene rings is 1. The zero-order valence-electron chi connectivity index (χ0n) is 13.9. The summed E-state index contributed by atoms with van der Waals surface area (Å²) in [6.45, 7) is 4.11. The molecule has 0 fully saturated rings. The third-order valence-corrected chi connectivity index (χ3v) is 4.91. The van der Waals surface area contributed by atoms with E-state index >= 15 is 0 Å². The van der Waals surface area contributed by atoms with Crippen molar-refractivity contribution in [1.82, 2.24) is 9.97 Å². The van der Waals surface area contributed by atoms with Crippen molar-refractivity contribution in [3.8, 4) is 11.6 Å². The summed E-state index contributed by atoms with van der Waals surface area (Å²) >= 11 is 1.60. The Morgan fingerprint density at radius 2 is 2.04 bits per heavy atom. The Morgan fingerprint density at radius 3 is 2.88 bits per heavy atom. The summed E-state index contributed by atoms with van der Waals surface area (Å²) in [6, 6.07) is 9.11. The van der Waals surface area contributed by atoms with Gasteiger partial charge in [-0.25, -0.2) is 14.8 Å². The molecule has 0 spiro atoms. The van der Waals surface area contributed by atoms with E-state index < -0.39 is 0 Å². The van der Waals surface area contributed by atoms with Gasteiger partial charge in [-0.15, -0.1) is 11.3 Å². The van der Waals surface area contributed by atoms with Crippen LogP contribution >= 0.6 is 11.3 Å². The predicted octanol–water partition coefficient (Wildman–Crippen LogP) is 4.85. The Bertz CT molecular complexity index is 1130. The van der Waals surface area contributed by atoms with Gasteiger partial charge in [0.05, 0.1) is 5.39 Å². The molecule has 0 aliphatic heterocycles. The zero-order valence-corrected chi connectivity index (χ0v) is 14.7. The fraction of sp³-hybridized carbons (Fsp3) is 0.211. The van der Waals surface area contributed by atoms with Crippen LogP contribution in [0.4, 0.5) is 0 Å². The maximum atomic E-state index is 11.8. The molecule has 25 heavy (non-hydrogen) atoms. The minimum absolute atomic E-state index is 0.342. The van der Waals surface area contributed by atoms with E-state index in [2.05, 4.69) is 16.9 Å². The number of aryl methyl sites for hydroxylation is 2. The van der Waals surface area contributed by atoms with Crippen molar-refractivity contribution in [2.75, 3.05) is 0 Å². The first-order chi connectivity index (χ1) is 12.1. The average molecular weight is 352 g/mol. The van der Waals surface area contributed by atoms with Crippen LogP contribution in [0.15, 0.2) is 45.9 Å². The van der Waals surface area contributed by atoms with Crippen molar-refractivity contribution in [3.63, 3.8) is 0 Å². The lowest BCUT2D eigenvalue weighted by molar-refractivity contribution is 0.466. The van der Waals surface area contributed by atoms with Crippen LogP contribution in [0.25, 0.3) is 21.2 Å². The van der Waals surface area contributed by atoms with E-state index in [0.29, 0.717) is 17.2 Å². The molecule has 3 aromatic heterocycles. The van der Waals surface area contributed by atoms with E-state index in [-0.39, 0.29) is 5.63 Å². The molecule has 0 aliphatic carbocycles. The van der Waals surface area contributed by atoms with Gasteiger partial charge in [0.2, 0.25) is 5.88 Å². The van der Waals surface area contributed by atoms with Crippen molar-refractivity contribution in [2.24, 2.45) is 0 Å². The van der Waals surface area contributed by atoms with Crippen LogP contribution in [-0.2, 0) is 6.42 Å². The van der Waals surface area contributed by atoms with Gasteiger partial charge in [-0.05, 0) is 37.1 Å². The molecule has 0 atom stereocenters. The smallest absolute Gasteiger partial charge is 0.336 e. The Balaban J connectivity index is 1.78. The van der Waals surface area contributed by atoms with Gasteiger partial charge in [0.1, 0.15) is 22.5 Å². The number of aromatic nitrogens is 2. The van der Waals surface area contributed by atoms with Gasteiger partial charge in [-0.2, -0.15) is 0 Å². The molecule has 0 saturated carbocycles. The molecule has 5 nitrogen and oxygen atoms in total. The monoisotopic (exact) mass is 352 g/mol. The van der Waals surface area contributed by atoms with E-state index in [4.69, 9.17) is 9.15 Å². The van der Waals surface area contributed by atoms with Gasteiger partial charge >= 0.3 is 5.63 Å². The molecule has 0 aliphatic rings. The highest BCUT2D eigenvalue weighted by atomic mass is 32.1. The molecular formula is C19H16N2O3S. The van der Waals surface area contributed by atoms with Crippen LogP contribution in [0.1, 0.15) is 23.8 Å². The summed E-state index contributed by atoms with van der Waals surface area (Å²) in [5, 5.41) is 1.82. The highest BCUT2D eigenvalue weighted by molar-refractivity contribution is 7.18. The number of benzene rings is 1. The number of hydrogen-bond donors (Lipinski definition) is 0. The van der Waals surface area contributed by atoms with Gasteiger partial charge in [0, 0.05) is 22.4 Å². The molecule has 4 aromatic rings. The van der Waals surface area contributed by atoms with Crippen LogP contribution < -0.4 is 10.4 Å². The van der Waals surface area contributed by atoms with Gasteiger partial charge in [0.15, 0.2) is 0 Å². The second-order valence-electron chi connectivity index (χ2n) is 5.86. The number of hydrogen-bond acceptors (Lipinski definition) is 6. The standard InChI is InChI=1S/C19H16N2O3S/c1-3-4-12-8-17(22)24-16-9-13(5-6-14(12)16)23-18-15-7-11(2)25-19(15)21-10-20-18/h5-10H,3-4H2,1-2H3. The van der Waals surface area contributed by atoms with Gasteiger partial charge in [0.25, 0.3) is 0 Å². The Morgan fingerprint density at radius 1 is 1.16 bits per heavy atom. The molecule has 0 radical (unpaired) electrons. The maximum Gasteiger partial charge on any atom is 0.336 e. The number of rotatable bonds is 4. The largest absolute Gasteiger partial charge is 0.438 e. The quantitative estimate of drug-likeness (QED) is 0.491. The average Bonchev–Trinajstić information content (AvgIpc) is 2.96. The van der Waals surface area contributed by atoms with Crippen LogP contribution in [0.5, 0.6) is 11.6 Å². The summed E-state index contributed by atoms with van der Waals surface area (Å²) in [5.74, 6) is 1.08. The van der Waals surface area contributed by atoms with Crippen LogP contribution in [0.3, 0.4) is 0 Å². The lowest BCUT2D eigenvalue weighted by Crippen LogP contribution is -2.00. The van der Waals surface area contributed by atoms with Crippen LogP contribution in [-0.4, -0.2) is 9.97 Å². The Hall–Kier alpha value is -2.73. The topological polar surface area (TPSA) is 65.2 Å². The fourth-order valence-electron chi connectivity index (χ4n) is 2.90. The molecule has 6 heteroatoms. The third-order valence-electron chi connectivity index (χ3n) is 3.95. The molecule has 1 aromatic carbocycles. The number of fused-ring (bicyclic) bond motifs is 2. The molecule has 0 N–H and O–H groups in total. The lowest BCUT2D eigenvalue weighted by Gasteiger charge is -2.08. The SMILES string of the molecule is CCCc1cc(=O)oc2cc(Oc3ncnc4sc(C)cc34)ccc12.